The van der Waals surface area contributed by atoms with Crippen LogP contribution in [0.4, 0.5) is 36.8 Å². The topological polar surface area (TPSA) is 105 Å². The second-order valence-corrected chi connectivity index (χ2v) is 14.0. The van der Waals surface area contributed by atoms with E-state index in [4.69, 9.17) is 0 Å². The highest BCUT2D eigenvalue weighted by atomic mass is 19.4. The monoisotopic (exact) mass is 736 g/mol. The lowest BCUT2D eigenvalue weighted by Gasteiger charge is -2.41. The molecule has 282 valence electrons. The lowest BCUT2D eigenvalue weighted by molar-refractivity contribution is -0.143. The number of carbonyl (C=O) groups is 4. The highest BCUT2D eigenvalue weighted by Crippen LogP contribution is 2.36. The Hall–Kier alpha value is -4.34. The lowest BCUT2D eigenvalue weighted by atomic mass is 9.98. The average molecular weight is 737 g/mol. The first-order valence-corrected chi connectivity index (χ1v) is 17.7. The number of likely N-dealkylation sites (tertiary alicyclic amines) is 3. The summed E-state index contributed by atoms with van der Waals surface area (Å²) in [6.07, 6.45) is -5.33. The second-order valence-electron chi connectivity index (χ2n) is 14.0. The maximum atomic E-state index is 13.9. The van der Waals surface area contributed by atoms with E-state index in [0.29, 0.717) is 57.5 Å². The van der Waals surface area contributed by atoms with Crippen molar-refractivity contribution in [3.05, 3.63) is 64.7 Å². The first-order valence-electron chi connectivity index (χ1n) is 17.7. The molecule has 6 rings (SSSR count). The highest BCUT2D eigenvalue weighted by molar-refractivity contribution is 5.99. The maximum absolute atomic E-state index is 13.9. The molecule has 0 spiro atoms. The molecule has 0 aliphatic carbocycles. The summed E-state index contributed by atoms with van der Waals surface area (Å²) < 4.78 is 81.4. The number of piperidine rings is 3. The maximum Gasteiger partial charge on any atom is 0.416 e. The molecule has 1 atom stereocenters. The van der Waals surface area contributed by atoms with Crippen LogP contribution in [0, 0.1) is 0 Å². The molecule has 2 aromatic carbocycles. The molecule has 2 N–H and O–H groups in total. The van der Waals surface area contributed by atoms with Crippen molar-refractivity contribution in [1.29, 1.82) is 0 Å². The third kappa shape index (κ3) is 8.64. The van der Waals surface area contributed by atoms with Gasteiger partial charge in [0, 0.05) is 56.1 Å². The number of anilines is 1. The number of amides is 5. The third-order valence-electron chi connectivity index (χ3n) is 10.6. The number of alkyl halides is 6. The van der Waals surface area contributed by atoms with Crippen LogP contribution in [0.25, 0.3) is 0 Å². The first-order chi connectivity index (χ1) is 24.7. The van der Waals surface area contributed by atoms with Crippen LogP contribution in [0.1, 0.15) is 78.4 Å². The zero-order valence-electron chi connectivity index (χ0n) is 28.6. The SMILES string of the molecule is O=C(N[C@@H](CC(=O)N1CCC(N2Cc3ccccc3NC2=O)CC1)C(=O)N1CCC(N2CCCCC2)CC1)c1cc(C(F)(F)F)cc(C(F)(F)F)c1. The van der Waals surface area contributed by atoms with Crippen molar-refractivity contribution in [1.82, 2.24) is 24.9 Å². The van der Waals surface area contributed by atoms with Crippen molar-refractivity contribution in [3.63, 3.8) is 0 Å². The molecule has 3 fully saturated rings. The number of benzene rings is 2. The van der Waals surface area contributed by atoms with Crippen LogP contribution in [0.2, 0.25) is 0 Å². The number of para-hydroxylation sites is 1. The van der Waals surface area contributed by atoms with Gasteiger partial charge in [-0.2, -0.15) is 26.3 Å². The Morgan fingerprint density at radius 3 is 1.96 bits per heavy atom. The molecule has 3 saturated heterocycles. The number of nitrogens with zero attached hydrogens (tertiary/aromatic N) is 4. The summed E-state index contributed by atoms with van der Waals surface area (Å²) in [5.74, 6) is -2.46. The summed E-state index contributed by atoms with van der Waals surface area (Å²) in [5.41, 5.74) is -2.57. The minimum atomic E-state index is -5.18. The van der Waals surface area contributed by atoms with Crippen LogP contribution in [0.3, 0.4) is 0 Å². The number of hydrogen-bond donors (Lipinski definition) is 2. The van der Waals surface area contributed by atoms with E-state index in [1.54, 1.807) is 4.90 Å². The van der Waals surface area contributed by atoms with Gasteiger partial charge < -0.3 is 30.2 Å². The Balaban J connectivity index is 1.15. The molecular weight excluding hydrogens is 694 g/mol. The van der Waals surface area contributed by atoms with Gasteiger partial charge in [-0.3, -0.25) is 14.4 Å². The number of carbonyl (C=O) groups excluding carboxylic acids is 4. The van der Waals surface area contributed by atoms with Crippen LogP contribution in [0.5, 0.6) is 0 Å². The summed E-state index contributed by atoms with van der Waals surface area (Å²) in [6.45, 7) is 3.48. The number of fused-ring (bicyclic) bond motifs is 1. The van der Waals surface area contributed by atoms with Crippen LogP contribution in [-0.4, -0.2) is 101 Å². The smallest absolute Gasteiger partial charge is 0.342 e. The van der Waals surface area contributed by atoms with Crippen LogP contribution < -0.4 is 10.6 Å². The Labute approximate surface area is 297 Å². The highest BCUT2D eigenvalue weighted by Gasteiger charge is 2.40. The predicted octanol–water partition coefficient (Wildman–Crippen LogP) is 5.73. The van der Waals surface area contributed by atoms with Gasteiger partial charge in [-0.15, -0.1) is 0 Å². The molecule has 4 heterocycles. The fourth-order valence-corrected chi connectivity index (χ4v) is 7.73. The van der Waals surface area contributed by atoms with Gasteiger partial charge in [0.15, 0.2) is 0 Å². The van der Waals surface area contributed by atoms with Gasteiger partial charge in [0.1, 0.15) is 6.04 Å². The van der Waals surface area contributed by atoms with Crippen molar-refractivity contribution in [2.45, 2.75) is 88.4 Å². The zero-order chi connectivity index (χ0) is 37.2. The van der Waals surface area contributed by atoms with E-state index in [2.05, 4.69) is 15.5 Å². The minimum absolute atomic E-state index is 0.0780. The van der Waals surface area contributed by atoms with E-state index in [0.717, 1.165) is 37.2 Å². The van der Waals surface area contributed by atoms with Crippen molar-refractivity contribution in [2.24, 2.45) is 0 Å². The molecule has 16 heteroatoms. The number of urea groups is 1. The molecule has 0 bridgehead atoms. The van der Waals surface area contributed by atoms with Crippen molar-refractivity contribution >= 4 is 29.4 Å². The summed E-state index contributed by atoms with van der Waals surface area (Å²) in [7, 11) is 0. The molecule has 0 unspecified atom stereocenters. The Kier molecular flexibility index (Phi) is 11.0. The second kappa shape index (κ2) is 15.3. The average Bonchev–Trinajstić information content (AvgIpc) is 3.13. The van der Waals surface area contributed by atoms with E-state index < -0.39 is 59.2 Å². The Bertz CT molecular complexity index is 1610. The summed E-state index contributed by atoms with van der Waals surface area (Å²) in [6, 6.07) is 6.30. The first kappa shape index (κ1) is 37.4. The zero-order valence-corrected chi connectivity index (χ0v) is 28.6. The summed E-state index contributed by atoms with van der Waals surface area (Å²) in [5, 5.41) is 5.21. The van der Waals surface area contributed by atoms with Crippen molar-refractivity contribution in [3.8, 4) is 0 Å². The third-order valence-corrected chi connectivity index (χ3v) is 10.6. The molecule has 0 saturated carbocycles. The van der Waals surface area contributed by atoms with Crippen molar-refractivity contribution in [2.75, 3.05) is 44.6 Å². The quantitative estimate of drug-likeness (QED) is 0.354. The largest absolute Gasteiger partial charge is 0.416 e. The lowest BCUT2D eigenvalue weighted by Crippen LogP contribution is -2.55. The van der Waals surface area contributed by atoms with E-state index in [1.165, 1.54) is 16.2 Å². The molecule has 4 aliphatic rings. The molecule has 0 aromatic heterocycles. The minimum Gasteiger partial charge on any atom is -0.342 e. The van der Waals surface area contributed by atoms with E-state index >= 15 is 0 Å². The van der Waals surface area contributed by atoms with Crippen LogP contribution in [-0.2, 0) is 28.5 Å². The van der Waals surface area contributed by atoms with Gasteiger partial charge >= 0.3 is 18.4 Å². The predicted molar refractivity (Wildman–Crippen MR) is 178 cm³/mol. The number of rotatable bonds is 7. The van der Waals surface area contributed by atoms with Gasteiger partial charge in [0.05, 0.1) is 17.5 Å². The van der Waals surface area contributed by atoms with E-state index in [9.17, 15) is 45.5 Å². The normalized spacial score (nSPS) is 20.3. The Morgan fingerprint density at radius 2 is 1.35 bits per heavy atom. The molecular formula is C36H42F6N6O4. The summed E-state index contributed by atoms with van der Waals surface area (Å²) in [4.78, 5) is 60.9. The molecule has 10 nitrogen and oxygen atoms in total. The number of hydrogen-bond acceptors (Lipinski definition) is 5. The summed E-state index contributed by atoms with van der Waals surface area (Å²) >= 11 is 0. The van der Waals surface area contributed by atoms with Crippen molar-refractivity contribution < 1.29 is 45.5 Å². The van der Waals surface area contributed by atoms with E-state index in [1.807, 2.05) is 24.3 Å². The molecule has 4 aliphatic heterocycles. The van der Waals surface area contributed by atoms with Gasteiger partial charge in [-0.05, 0) is 81.4 Å². The molecule has 52 heavy (non-hydrogen) atoms. The van der Waals surface area contributed by atoms with Gasteiger partial charge in [0.2, 0.25) is 11.8 Å². The number of halogens is 6. The van der Waals surface area contributed by atoms with Gasteiger partial charge in [0.25, 0.3) is 5.91 Å². The molecule has 0 radical (unpaired) electrons. The standard InChI is InChI=1S/C36H42F6N6O4/c37-35(38,39)25-18-24(19-26(20-25)36(40,41)42)32(50)43-30(33(51)47-16-8-27(9-17-47)45-12-4-1-5-13-45)21-31(49)46-14-10-28(11-15-46)48-22-23-6-2-3-7-29(23)44-34(48)52/h2-3,6-7,18-20,27-28,30H,1,4-5,8-17,21-22H2,(H,43,50)(H,44,52)/t30-/m0/s1. The fourth-order valence-electron chi connectivity index (χ4n) is 7.73. The molecule has 2 aromatic rings. The van der Waals surface area contributed by atoms with E-state index in [-0.39, 0.29) is 37.3 Å². The van der Waals surface area contributed by atoms with Gasteiger partial charge in [-0.1, -0.05) is 24.6 Å². The number of nitrogens with one attached hydrogen (secondary N) is 2. The van der Waals surface area contributed by atoms with Gasteiger partial charge in [-0.25, -0.2) is 4.79 Å². The molecule has 5 amide bonds. The fraction of sp³-hybridized carbons (Fsp3) is 0.556. The Morgan fingerprint density at radius 1 is 0.769 bits per heavy atom. The van der Waals surface area contributed by atoms with Crippen LogP contribution in [0.15, 0.2) is 42.5 Å². The van der Waals surface area contributed by atoms with Crippen LogP contribution >= 0.6 is 0 Å².